The number of fused-ring (bicyclic) bond motifs is 1. The molecule has 0 bridgehead atoms. The maximum Gasteiger partial charge on any atom is 0.199 e. The van der Waals surface area contributed by atoms with E-state index >= 15 is 0 Å². The van der Waals surface area contributed by atoms with Crippen LogP contribution in [-0.2, 0) is 14.1 Å². The summed E-state index contributed by atoms with van der Waals surface area (Å²) < 4.78 is 3.90. The van der Waals surface area contributed by atoms with Crippen molar-refractivity contribution < 1.29 is 5.11 Å². The normalized spacial score (nSPS) is 17.9. The van der Waals surface area contributed by atoms with E-state index in [9.17, 15) is 5.11 Å². The fourth-order valence-electron chi connectivity index (χ4n) is 4.94. The highest BCUT2D eigenvalue weighted by Gasteiger charge is 2.28. The second-order valence-electron chi connectivity index (χ2n) is 9.24. The number of hydrogen-bond donors (Lipinski definition) is 2. The molecule has 8 nitrogen and oxygen atoms in total. The topological polar surface area (TPSA) is 93.7 Å². The molecule has 6 rings (SSSR count). The number of rotatable bonds is 6. The van der Waals surface area contributed by atoms with Crippen LogP contribution in [-0.4, -0.2) is 46.8 Å². The van der Waals surface area contributed by atoms with E-state index in [0.717, 1.165) is 62.8 Å². The van der Waals surface area contributed by atoms with Gasteiger partial charge in [-0.3, -0.25) is 0 Å². The maximum absolute atomic E-state index is 9.67. The molecule has 5 aromatic rings. The molecule has 0 saturated heterocycles. The largest absolute Gasteiger partial charge is 0.396 e. The average Bonchev–Trinajstić information content (AvgIpc) is 3.66. The van der Waals surface area contributed by atoms with E-state index in [1.54, 1.807) is 17.5 Å². The predicted molar refractivity (Wildman–Crippen MR) is 139 cm³/mol. The lowest BCUT2D eigenvalue weighted by molar-refractivity contribution is 0.229. The molecule has 1 aromatic carbocycles. The van der Waals surface area contributed by atoms with Crippen LogP contribution in [0, 0.1) is 5.92 Å². The van der Waals surface area contributed by atoms with Gasteiger partial charge in [-0.05, 0) is 30.7 Å². The smallest absolute Gasteiger partial charge is 0.199 e. The van der Waals surface area contributed by atoms with Crippen LogP contribution in [0.25, 0.3) is 43.6 Å². The Labute approximate surface area is 207 Å². The van der Waals surface area contributed by atoms with E-state index in [-0.39, 0.29) is 12.6 Å². The van der Waals surface area contributed by atoms with Gasteiger partial charge < -0.3 is 19.6 Å². The van der Waals surface area contributed by atoms with Gasteiger partial charge in [-0.2, -0.15) is 0 Å². The van der Waals surface area contributed by atoms with E-state index in [4.69, 9.17) is 9.97 Å². The molecule has 9 heteroatoms. The number of aliphatic hydroxyl groups excluding tert-OH is 1. The molecule has 35 heavy (non-hydrogen) atoms. The summed E-state index contributed by atoms with van der Waals surface area (Å²) in [6, 6.07) is 10.6. The van der Waals surface area contributed by atoms with Crippen molar-refractivity contribution in [1.82, 2.24) is 29.1 Å². The second kappa shape index (κ2) is 8.90. The Hall–Kier alpha value is -3.56. The number of aromatic nitrogens is 6. The Morgan fingerprint density at radius 2 is 1.97 bits per heavy atom. The summed E-state index contributed by atoms with van der Waals surface area (Å²) >= 11 is 1.64. The number of imidazole rings is 2. The van der Waals surface area contributed by atoms with Crippen LogP contribution in [0.4, 0.5) is 5.82 Å². The highest BCUT2D eigenvalue weighted by molar-refractivity contribution is 7.22. The van der Waals surface area contributed by atoms with Crippen LogP contribution < -0.4 is 5.32 Å². The van der Waals surface area contributed by atoms with Crippen molar-refractivity contribution in [3.05, 3.63) is 55.2 Å². The monoisotopic (exact) mass is 485 g/mol. The summed E-state index contributed by atoms with van der Waals surface area (Å²) in [7, 11) is 3.94. The zero-order valence-electron chi connectivity index (χ0n) is 19.7. The van der Waals surface area contributed by atoms with Crippen molar-refractivity contribution in [3.8, 4) is 33.3 Å². The Balaban J connectivity index is 1.60. The molecule has 4 aromatic heterocycles. The van der Waals surface area contributed by atoms with Gasteiger partial charge in [0.05, 0.1) is 22.3 Å². The first kappa shape index (κ1) is 21.9. The first-order valence-electron chi connectivity index (χ1n) is 11.8. The van der Waals surface area contributed by atoms with Crippen LogP contribution in [0.3, 0.4) is 0 Å². The molecule has 178 valence electrons. The van der Waals surface area contributed by atoms with Crippen LogP contribution in [0.15, 0.2) is 55.2 Å². The van der Waals surface area contributed by atoms with Crippen molar-refractivity contribution in [3.63, 3.8) is 0 Å². The molecule has 1 saturated carbocycles. The van der Waals surface area contributed by atoms with Gasteiger partial charge in [0.25, 0.3) is 0 Å². The molecule has 0 aliphatic heterocycles. The molecule has 1 fully saturated rings. The minimum absolute atomic E-state index is 0.230. The number of hydrogen-bond acceptors (Lipinski definition) is 7. The standard InChI is InChI=1S/C26H27N7OS/c1-32-13-19(28-15-32)22-20(17-6-4-3-5-7-17)21-23(29-18-9-8-16(12-18)14-34)30-24(31-26(21)35-22)25-27-10-11-33(25)2/h3-7,10-11,13,15-16,18,34H,8-9,12,14H2,1-2H3,(H,29,30,31)/t16-,18+/m0/s1. The number of aryl methyl sites for hydroxylation is 2. The lowest BCUT2D eigenvalue weighted by atomic mass is 10.0. The third kappa shape index (κ3) is 4.00. The molecular weight excluding hydrogens is 458 g/mol. The van der Waals surface area contributed by atoms with Gasteiger partial charge in [-0.25, -0.2) is 19.9 Å². The van der Waals surface area contributed by atoms with Gasteiger partial charge >= 0.3 is 0 Å². The molecule has 0 radical (unpaired) electrons. The molecule has 4 heterocycles. The minimum Gasteiger partial charge on any atom is -0.396 e. The van der Waals surface area contributed by atoms with Crippen LogP contribution in [0.5, 0.6) is 0 Å². The lowest BCUT2D eigenvalue weighted by Gasteiger charge is -2.16. The number of nitrogens with one attached hydrogen (secondary N) is 1. The number of nitrogens with zero attached hydrogens (tertiary/aromatic N) is 6. The van der Waals surface area contributed by atoms with Crippen molar-refractivity contribution >= 4 is 27.4 Å². The zero-order chi connectivity index (χ0) is 23.9. The van der Waals surface area contributed by atoms with E-state index < -0.39 is 0 Å². The van der Waals surface area contributed by atoms with Gasteiger partial charge in [0.2, 0.25) is 0 Å². The SMILES string of the molecule is Cn1cnc(-c2sc3nc(-c4nccn4C)nc(N[C@@H]4CC[C@H](CO)C4)c3c2-c2ccccc2)c1. The van der Waals surface area contributed by atoms with Crippen molar-refractivity contribution in [2.45, 2.75) is 25.3 Å². The van der Waals surface area contributed by atoms with Crippen LogP contribution in [0.2, 0.25) is 0 Å². The summed E-state index contributed by atoms with van der Waals surface area (Å²) in [5.74, 6) is 2.47. The quantitative estimate of drug-likeness (QED) is 0.361. The highest BCUT2D eigenvalue weighted by atomic mass is 32.1. The number of anilines is 1. The second-order valence-corrected chi connectivity index (χ2v) is 10.2. The summed E-state index contributed by atoms with van der Waals surface area (Å²) in [6.45, 7) is 0.230. The number of aliphatic hydroxyl groups is 1. The van der Waals surface area contributed by atoms with Crippen LogP contribution >= 0.6 is 11.3 Å². The van der Waals surface area contributed by atoms with Crippen LogP contribution in [0.1, 0.15) is 19.3 Å². The summed E-state index contributed by atoms with van der Waals surface area (Å²) in [6.07, 6.45) is 10.5. The van der Waals surface area contributed by atoms with Gasteiger partial charge in [-0.1, -0.05) is 30.3 Å². The average molecular weight is 486 g/mol. The molecular formula is C26H27N7OS. The first-order valence-corrected chi connectivity index (χ1v) is 12.7. The maximum atomic E-state index is 9.67. The fourth-order valence-corrected chi connectivity index (χ4v) is 6.10. The van der Waals surface area contributed by atoms with Gasteiger partial charge in [0.1, 0.15) is 10.6 Å². The fraction of sp³-hybridized carbons (Fsp3) is 0.308. The van der Waals surface area contributed by atoms with Gasteiger partial charge in [0.15, 0.2) is 11.6 Å². The van der Waals surface area contributed by atoms with E-state index in [1.807, 2.05) is 48.0 Å². The van der Waals surface area contributed by atoms with Gasteiger partial charge in [-0.15, -0.1) is 11.3 Å². The minimum atomic E-state index is 0.230. The number of thiophene rings is 1. The van der Waals surface area contributed by atoms with Crippen molar-refractivity contribution in [2.24, 2.45) is 20.0 Å². The van der Waals surface area contributed by atoms with E-state index in [2.05, 4.69) is 39.6 Å². The molecule has 2 N–H and O–H groups in total. The first-order chi connectivity index (χ1) is 17.1. The van der Waals surface area contributed by atoms with Gasteiger partial charge in [0, 0.05) is 50.9 Å². The Kier molecular flexibility index (Phi) is 5.58. The molecule has 2 atom stereocenters. The summed E-state index contributed by atoms with van der Waals surface area (Å²) in [5, 5.41) is 14.4. The lowest BCUT2D eigenvalue weighted by Crippen LogP contribution is -2.18. The third-order valence-corrected chi connectivity index (χ3v) is 7.82. The molecule has 1 aliphatic rings. The van der Waals surface area contributed by atoms with Crippen molar-refractivity contribution in [2.75, 3.05) is 11.9 Å². The Morgan fingerprint density at radius 3 is 2.66 bits per heavy atom. The Bertz CT molecular complexity index is 1490. The number of benzene rings is 1. The zero-order valence-corrected chi connectivity index (χ0v) is 20.5. The predicted octanol–water partition coefficient (Wildman–Crippen LogP) is 4.73. The summed E-state index contributed by atoms with van der Waals surface area (Å²) in [4.78, 5) is 21.2. The van der Waals surface area contributed by atoms with E-state index in [0.29, 0.717) is 11.7 Å². The molecule has 1 aliphatic carbocycles. The molecule has 0 spiro atoms. The Morgan fingerprint density at radius 1 is 1.11 bits per heavy atom. The van der Waals surface area contributed by atoms with E-state index in [1.165, 1.54) is 0 Å². The summed E-state index contributed by atoms with van der Waals surface area (Å²) in [5.41, 5.74) is 3.12. The highest BCUT2D eigenvalue weighted by Crippen LogP contribution is 2.47. The molecule has 0 amide bonds. The molecule has 0 unspecified atom stereocenters. The van der Waals surface area contributed by atoms with Crippen molar-refractivity contribution in [1.29, 1.82) is 0 Å². The third-order valence-electron chi connectivity index (χ3n) is 6.71.